The van der Waals surface area contributed by atoms with E-state index in [4.69, 9.17) is 53.0 Å². The summed E-state index contributed by atoms with van der Waals surface area (Å²) in [6.45, 7) is 7.39. The number of halogens is 6. The van der Waals surface area contributed by atoms with Gasteiger partial charge in [-0.3, -0.25) is 4.79 Å². The number of benzene rings is 6. The summed E-state index contributed by atoms with van der Waals surface area (Å²) in [5, 5.41) is 37.5. The number of fused-ring (bicyclic) bond motifs is 2. The lowest BCUT2D eigenvalue weighted by Gasteiger charge is -2.30. The highest BCUT2D eigenvalue weighted by Gasteiger charge is 2.41. The minimum Gasteiger partial charge on any atom is -0.489 e. The first-order valence-electron chi connectivity index (χ1n) is 28.8. The highest BCUT2D eigenvalue weighted by Crippen LogP contribution is 2.34. The molecule has 0 bridgehead atoms. The van der Waals surface area contributed by atoms with Crippen molar-refractivity contribution in [3.05, 3.63) is 154 Å². The van der Waals surface area contributed by atoms with Crippen molar-refractivity contribution in [2.24, 2.45) is 5.73 Å². The van der Waals surface area contributed by atoms with E-state index >= 15 is 8.78 Å². The number of aliphatic hydroxyl groups excluding tert-OH is 2. The summed E-state index contributed by atoms with van der Waals surface area (Å²) >= 11 is 12.8. The molecule has 4 atom stereocenters. The number of aliphatic carboxylic acids is 1. The van der Waals surface area contributed by atoms with Crippen molar-refractivity contribution in [2.75, 3.05) is 65.7 Å². The third-order valence-corrected chi connectivity index (χ3v) is 16.3. The minimum absolute atomic E-state index is 0. The number of carboxylic acids is 1. The summed E-state index contributed by atoms with van der Waals surface area (Å²) in [5.41, 5.74) is 8.81. The normalized spacial score (nSPS) is 17.9. The van der Waals surface area contributed by atoms with Crippen LogP contribution in [-0.4, -0.2) is 144 Å². The zero-order valence-electron chi connectivity index (χ0n) is 47.1. The predicted octanol–water partition coefficient (Wildman–Crippen LogP) is 11.0. The zero-order chi connectivity index (χ0) is 58.9. The van der Waals surface area contributed by atoms with Crippen LogP contribution in [0, 0.1) is 0 Å². The van der Waals surface area contributed by atoms with E-state index in [0.717, 1.165) is 116 Å². The maximum absolute atomic E-state index is 15.1. The van der Waals surface area contributed by atoms with Crippen LogP contribution in [0.4, 0.5) is 17.6 Å². The number of rotatable bonds is 21. The lowest BCUT2D eigenvalue weighted by Crippen LogP contribution is -2.51. The maximum atomic E-state index is 15.1. The number of nitrogens with one attached hydrogen (secondary N) is 1. The molecule has 4 fully saturated rings. The first-order chi connectivity index (χ1) is 39.9. The Labute approximate surface area is 498 Å². The largest absolute Gasteiger partial charge is 0.489 e. The molecule has 1 amide bonds. The van der Waals surface area contributed by atoms with Gasteiger partial charge in [-0.25, -0.2) is 4.79 Å². The van der Waals surface area contributed by atoms with Gasteiger partial charge in [-0.2, -0.15) is 17.6 Å². The van der Waals surface area contributed by atoms with Crippen molar-refractivity contribution in [3.8, 4) is 11.5 Å². The Hall–Kier alpha value is -5.64. The molecule has 0 aliphatic carbocycles. The molecule has 1 unspecified atom stereocenters. The zero-order valence-corrected chi connectivity index (χ0v) is 48.6. The number of carbonyl (C=O) groups is 2. The number of carbonyl (C=O) groups excluding carboxylic acids is 1. The Bertz CT molecular complexity index is 3050. The van der Waals surface area contributed by atoms with Crippen molar-refractivity contribution in [3.63, 3.8) is 0 Å². The molecule has 4 aliphatic heterocycles. The van der Waals surface area contributed by atoms with Crippen LogP contribution in [0.2, 0.25) is 10.0 Å². The third kappa shape index (κ3) is 19.2. The topological polar surface area (TPSA) is 208 Å². The smallest absolute Gasteiger partial charge is 0.374 e. The number of nitrogens with two attached hydrogens (primary N) is 1. The highest BCUT2D eigenvalue weighted by molar-refractivity contribution is 6.32. The average molecular weight is 1210 g/mol. The number of likely N-dealkylation sites (tertiary alicyclic amines) is 2. The predicted molar refractivity (Wildman–Crippen MR) is 319 cm³/mol. The van der Waals surface area contributed by atoms with Crippen LogP contribution in [-0.2, 0) is 31.9 Å². The second-order valence-electron chi connectivity index (χ2n) is 22.0. The van der Waals surface area contributed by atoms with E-state index in [-0.39, 0.29) is 43.1 Å². The number of carboxylic acid groups (broad SMARTS) is 1. The monoisotopic (exact) mass is 1210 g/mol. The Morgan fingerprint density at radius 1 is 0.595 bits per heavy atom. The summed E-state index contributed by atoms with van der Waals surface area (Å²) in [5.74, 6) is -9.56. The Morgan fingerprint density at radius 3 is 1.45 bits per heavy atom. The second-order valence-corrected chi connectivity index (χ2v) is 22.8. The van der Waals surface area contributed by atoms with Crippen molar-refractivity contribution in [1.29, 1.82) is 0 Å². The summed E-state index contributed by atoms with van der Waals surface area (Å²) in [7, 11) is 0. The lowest BCUT2D eigenvalue weighted by atomic mass is 9.99. The summed E-state index contributed by atoms with van der Waals surface area (Å²) < 4.78 is 78.9. The summed E-state index contributed by atoms with van der Waals surface area (Å²) in [6, 6.07) is 35.5. The van der Waals surface area contributed by atoms with Crippen LogP contribution < -0.4 is 20.5 Å². The van der Waals surface area contributed by atoms with E-state index in [1.54, 1.807) is 30.3 Å². The molecule has 10 rings (SSSR count). The number of ether oxygens (including phenoxy) is 4. The fraction of sp³-hybridized carbons (Fsp3) is 0.469. The lowest BCUT2D eigenvalue weighted by molar-refractivity contribution is -0.165. The molecule has 8 N–H and O–H groups in total. The van der Waals surface area contributed by atoms with Gasteiger partial charge in [-0.1, -0.05) is 120 Å². The van der Waals surface area contributed by atoms with E-state index in [1.807, 2.05) is 91.0 Å². The molecule has 4 heterocycles. The Morgan fingerprint density at radius 2 is 1.01 bits per heavy atom. The van der Waals surface area contributed by atoms with Crippen LogP contribution in [0.5, 0.6) is 11.5 Å². The quantitative estimate of drug-likeness (QED) is 0.0427. The van der Waals surface area contributed by atoms with Gasteiger partial charge in [0.2, 0.25) is 0 Å². The molecule has 6 aromatic rings. The number of alkyl halides is 4. The summed E-state index contributed by atoms with van der Waals surface area (Å²) in [6.07, 6.45) is 4.66. The average Bonchev–Trinajstić information content (AvgIpc) is 4.33. The SMILES string of the molecule is N[C@H](CN1CCCC1)C(O)c1ccc(OC2CCOCC2)c(Cl)c1.O.O=C(N[C@H](CN1CCCC1)[C@H](O)c1ccc(OC2CCOCC2)c(Cl)c1)C(F)(F)CCc1ccc2ccccc2c1.O=C(O)C(F)(F)CCc1ccc2ccccc2c1. The van der Waals surface area contributed by atoms with E-state index in [9.17, 15) is 28.6 Å². The van der Waals surface area contributed by atoms with Crippen LogP contribution in [0.15, 0.2) is 121 Å². The number of aliphatic hydroxyl groups is 2. The number of nitrogens with zero attached hydrogens (tertiary/aromatic N) is 2. The van der Waals surface area contributed by atoms with Crippen molar-refractivity contribution >= 4 is 56.6 Å². The Kier molecular flexibility index (Phi) is 24.8. The highest BCUT2D eigenvalue weighted by atomic mass is 35.5. The molecule has 0 saturated carbocycles. The standard InChI is InChI=1S/C32H37ClF2N2O4.C18H27ClN2O3.C14H12F2O2.H2O/c33-27-20-25(9-10-29(27)41-26-12-17-40-18-13-26)30(38)28(21-37-15-3-4-16-37)36-31(39)32(34,35)14-11-22-7-8-23-5-1-2-6-24(23)19-22;19-15-11-13(18(22)16(20)12-21-7-1-2-8-21)3-4-17(15)24-14-5-9-23-10-6-14;15-14(16,13(17)18)8-7-10-5-6-11-3-1-2-4-12(11)9-10;/h1-2,5-10,19-20,26,28,30,38H,3-4,11-18,21H2,(H,36,39);3-4,11,14,16,18,22H,1-2,5-10,12,20H2;1-6,9H,7-8H2,(H,17,18);1H2/t28-,30-;16-,18?;;/m11../s1. The van der Waals surface area contributed by atoms with E-state index in [2.05, 4.69) is 15.1 Å². The molecule has 4 saturated heterocycles. The molecule has 0 aromatic heterocycles. The number of aryl methyl sites for hydroxylation is 2. The fourth-order valence-corrected chi connectivity index (χ4v) is 11.2. The number of hydrogen-bond donors (Lipinski definition) is 5. The molecule has 4 aliphatic rings. The molecule has 0 radical (unpaired) electrons. The van der Waals surface area contributed by atoms with Gasteiger partial charge in [-0.05, 0) is 133 Å². The van der Waals surface area contributed by atoms with Gasteiger partial charge in [0.1, 0.15) is 29.8 Å². The first-order valence-corrected chi connectivity index (χ1v) is 29.6. The van der Waals surface area contributed by atoms with Gasteiger partial charge in [-0.15, -0.1) is 0 Å². The second kappa shape index (κ2) is 31.7. The number of hydrogen-bond acceptors (Lipinski definition) is 11. The summed E-state index contributed by atoms with van der Waals surface area (Å²) in [4.78, 5) is 27.6. The van der Waals surface area contributed by atoms with E-state index < -0.39 is 54.8 Å². The van der Waals surface area contributed by atoms with Gasteiger partial charge in [0.05, 0.1) is 48.6 Å². The third-order valence-electron chi connectivity index (χ3n) is 15.7. The van der Waals surface area contributed by atoms with Crippen molar-refractivity contribution < 1.29 is 66.9 Å². The van der Waals surface area contributed by atoms with Crippen LogP contribution in [0.25, 0.3) is 21.5 Å². The molecule has 456 valence electrons. The van der Waals surface area contributed by atoms with Gasteiger partial charge in [0.25, 0.3) is 5.91 Å². The van der Waals surface area contributed by atoms with Gasteiger partial charge < -0.3 is 60.6 Å². The molecular weight excluding hydrogens is 1130 g/mol. The number of amides is 1. The fourth-order valence-electron chi connectivity index (χ4n) is 10.7. The minimum atomic E-state index is -3.66. The molecule has 0 spiro atoms. The van der Waals surface area contributed by atoms with Crippen LogP contribution in [0.1, 0.15) is 98.7 Å². The molecule has 84 heavy (non-hydrogen) atoms. The van der Waals surface area contributed by atoms with Crippen molar-refractivity contribution in [2.45, 2.75) is 125 Å². The maximum Gasteiger partial charge on any atom is 0.374 e. The molecular formula is C64H78Cl2F4N4O10. The Balaban J connectivity index is 0.000000199. The van der Waals surface area contributed by atoms with Crippen LogP contribution >= 0.6 is 23.2 Å². The van der Waals surface area contributed by atoms with Gasteiger partial charge >= 0.3 is 17.8 Å². The van der Waals surface area contributed by atoms with Gasteiger partial charge in [0.15, 0.2) is 0 Å². The van der Waals surface area contributed by atoms with E-state index in [1.165, 1.54) is 12.8 Å². The molecule has 14 nitrogen and oxygen atoms in total. The molecule has 20 heteroatoms. The van der Waals surface area contributed by atoms with E-state index in [0.29, 0.717) is 46.9 Å². The van der Waals surface area contributed by atoms with Crippen molar-refractivity contribution in [1.82, 2.24) is 15.1 Å². The van der Waals surface area contributed by atoms with Crippen LogP contribution in [0.3, 0.4) is 0 Å². The first kappa shape index (κ1) is 65.9. The molecule has 6 aromatic carbocycles. The van der Waals surface area contributed by atoms with Gasteiger partial charge in [0, 0.05) is 57.7 Å².